The number of likely N-dealkylation sites (tertiary alicyclic amines) is 1. The fourth-order valence-electron chi connectivity index (χ4n) is 2.62. The average molecular weight is 287 g/mol. The molecule has 21 heavy (non-hydrogen) atoms. The maximum Gasteiger partial charge on any atom is 0.238 e. The summed E-state index contributed by atoms with van der Waals surface area (Å²) in [5.41, 5.74) is 1.20. The number of amides is 1. The molecular weight excluding hydrogens is 266 g/mol. The van der Waals surface area contributed by atoms with Crippen molar-refractivity contribution in [2.45, 2.75) is 19.4 Å². The number of carbonyl (C=O) groups is 1. The Kier molecular flexibility index (Phi) is 5.32. The van der Waals surface area contributed by atoms with Crippen molar-refractivity contribution in [3.05, 3.63) is 29.8 Å². The van der Waals surface area contributed by atoms with Gasteiger partial charge in [-0.25, -0.2) is 0 Å². The van der Waals surface area contributed by atoms with Crippen molar-refractivity contribution in [3.63, 3.8) is 0 Å². The van der Waals surface area contributed by atoms with Crippen molar-refractivity contribution in [1.29, 1.82) is 5.26 Å². The number of anilines is 1. The molecule has 2 atom stereocenters. The smallest absolute Gasteiger partial charge is 0.238 e. The third-order valence-electron chi connectivity index (χ3n) is 3.92. The van der Waals surface area contributed by atoms with E-state index < -0.39 is 0 Å². The zero-order valence-corrected chi connectivity index (χ0v) is 12.5. The highest BCUT2D eigenvalue weighted by Gasteiger charge is 2.26. The first kappa shape index (κ1) is 15.5. The van der Waals surface area contributed by atoms with Crippen LogP contribution in [-0.4, -0.2) is 43.7 Å². The molecule has 1 aromatic rings. The average Bonchev–Trinajstić information content (AvgIpc) is 2.49. The Morgan fingerprint density at radius 3 is 3.10 bits per heavy atom. The normalized spacial score (nSPS) is 22.5. The Labute approximate surface area is 125 Å². The molecular formula is C16H21N3O2. The summed E-state index contributed by atoms with van der Waals surface area (Å²) < 4.78 is 5.45. The van der Waals surface area contributed by atoms with Crippen LogP contribution >= 0.6 is 0 Å². The van der Waals surface area contributed by atoms with Gasteiger partial charge in [-0.3, -0.25) is 9.69 Å². The Morgan fingerprint density at radius 2 is 2.38 bits per heavy atom. The molecule has 0 spiro atoms. The molecule has 0 bridgehead atoms. The lowest BCUT2D eigenvalue weighted by atomic mass is 9.96. The van der Waals surface area contributed by atoms with Crippen LogP contribution < -0.4 is 5.32 Å². The van der Waals surface area contributed by atoms with Gasteiger partial charge in [0.05, 0.1) is 24.3 Å². The molecule has 1 aliphatic rings. The number of hydrogen-bond acceptors (Lipinski definition) is 4. The second-order valence-electron chi connectivity index (χ2n) is 5.52. The Bertz CT molecular complexity index is 539. The lowest BCUT2D eigenvalue weighted by Crippen LogP contribution is -2.46. The lowest BCUT2D eigenvalue weighted by Gasteiger charge is -2.35. The van der Waals surface area contributed by atoms with E-state index in [4.69, 9.17) is 10.00 Å². The van der Waals surface area contributed by atoms with Gasteiger partial charge in [0.2, 0.25) is 5.91 Å². The lowest BCUT2D eigenvalue weighted by molar-refractivity contribution is -0.118. The Balaban J connectivity index is 1.88. The quantitative estimate of drug-likeness (QED) is 0.918. The van der Waals surface area contributed by atoms with Crippen LogP contribution in [0.2, 0.25) is 0 Å². The Morgan fingerprint density at radius 1 is 1.57 bits per heavy atom. The predicted octanol–water partition coefficient (Wildman–Crippen LogP) is 1.85. The van der Waals surface area contributed by atoms with E-state index in [1.54, 1.807) is 31.4 Å². The van der Waals surface area contributed by atoms with Crippen LogP contribution in [-0.2, 0) is 9.53 Å². The van der Waals surface area contributed by atoms with E-state index in [9.17, 15) is 4.79 Å². The van der Waals surface area contributed by atoms with Crippen molar-refractivity contribution in [3.8, 4) is 6.07 Å². The number of benzene rings is 1. The zero-order chi connectivity index (χ0) is 15.2. The molecule has 0 aromatic heterocycles. The number of carbonyl (C=O) groups excluding carboxylic acids is 1. The molecule has 0 aliphatic carbocycles. The fourth-order valence-corrected chi connectivity index (χ4v) is 2.62. The summed E-state index contributed by atoms with van der Waals surface area (Å²) in [5.74, 6) is 0.469. The van der Waals surface area contributed by atoms with Gasteiger partial charge in [0, 0.05) is 19.3 Å². The van der Waals surface area contributed by atoms with Crippen LogP contribution in [0, 0.1) is 17.2 Å². The first-order valence-electron chi connectivity index (χ1n) is 7.17. The summed E-state index contributed by atoms with van der Waals surface area (Å²) in [4.78, 5) is 14.2. The number of nitrogens with zero attached hydrogens (tertiary/aromatic N) is 2. The van der Waals surface area contributed by atoms with Gasteiger partial charge in [-0.1, -0.05) is 13.0 Å². The van der Waals surface area contributed by atoms with Crippen LogP contribution in [0.4, 0.5) is 5.69 Å². The third kappa shape index (κ3) is 4.28. The molecule has 1 N–H and O–H groups in total. The van der Waals surface area contributed by atoms with Gasteiger partial charge in [-0.2, -0.15) is 5.26 Å². The largest absolute Gasteiger partial charge is 0.380 e. The van der Waals surface area contributed by atoms with E-state index in [1.165, 1.54) is 0 Å². The summed E-state index contributed by atoms with van der Waals surface area (Å²) in [6.45, 7) is 4.22. The number of hydrogen-bond donors (Lipinski definition) is 1. The third-order valence-corrected chi connectivity index (χ3v) is 3.92. The molecule has 0 saturated carbocycles. The second kappa shape index (κ2) is 7.21. The highest BCUT2D eigenvalue weighted by Crippen LogP contribution is 2.19. The van der Waals surface area contributed by atoms with Gasteiger partial charge >= 0.3 is 0 Å². The molecule has 5 nitrogen and oxygen atoms in total. The van der Waals surface area contributed by atoms with Gasteiger partial charge in [-0.05, 0) is 37.1 Å². The van der Waals surface area contributed by atoms with Crippen molar-refractivity contribution >= 4 is 11.6 Å². The van der Waals surface area contributed by atoms with Crippen LogP contribution in [0.5, 0.6) is 0 Å². The second-order valence-corrected chi connectivity index (χ2v) is 5.52. The number of nitriles is 1. The van der Waals surface area contributed by atoms with Gasteiger partial charge in [-0.15, -0.1) is 0 Å². The first-order chi connectivity index (χ1) is 10.1. The highest BCUT2D eigenvalue weighted by molar-refractivity contribution is 5.92. The Hall–Kier alpha value is -1.90. The van der Waals surface area contributed by atoms with Crippen molar-refractivity contribution in [1.82, 2.24) is 4.90 Å². The van der Waals surface area contributed by atoms with Gasteiger partial charge in [0.25, 0.3) is 0 Å². The van der Waals surface area contributed by atoms with E-state index >= 15 is 0 Å². The molecule has 1 amide bonds. The van der Waals surface area contributed by atoms with E-state index in [1.807, 2.05) is 0 Å². The van der Waals surface area contributed by atoms with Crippen LogP contribution in [0.3, 0.4) is 0 Å². The molecule has 0 radical (unpaired) electrons. The van der Waals surface area contributed by atoms with Gasteiger partial charge < -0.3 is 10.1 Å². The number of rotatable bonds is 4. The molecule has 2 unspecified atom stereocenters. The number of methoxy groups -OCH3 is 1. The van der Waals surface area contributed by atoms with E-state index in [0.717, 1.165) is 19.5 Å². The SMILES string of the molecule is COC1CN(CC(=O)Nc2cccc(C#N)c2)CCC1C. The number of ether oxygens (including phenoxy) is 1. The van der Waals surface area contributed by atoms with E-state index in [-0.39, 0.29) is 12.0 Å². The van der Waals surface area contributed by atoms with Crippen molar-refractivity contribution in [2.75, 3.05) is 32.1 Å². The minimum Gasteiger partial charge on any atom is -0.380 e. The van der Waals surface area contributed by atoms with Gasteiger partial charge in [0.1, 0.15) is 0 Å². The first-order valence-corrected chi connectivity index (χ1v) is 7.17. The summed E-state index contributed by atoms with van der Waals surface area (Å²) in [7, 11) is 1.72. The molecule has 1 aromatic carbocycles. The maximum absolute atomic E-state index is 12.1. The maximum atomic E-state index is 12.1. The van der Waals surface area contributed by atoms with E-state index in [0.29, 0.717) is 23.7 Å². The minimum atomic E-state index is -0.0607. The summed E-state index contributed by atoms with van der Waals surface area (Å²) in [6, 6.07) is 9.00. The molecule has 5 heteroatoms. The zero-order valence-electron chi connectivity index (χ0n) is 12.5. The molecule has 1 fully saturated rings. The highest BCUT2D eigenvalue weighted by atomic mass is 16.5. The van der Waals surface area contributed by atoms with Crippen molar-refractivity contribution < 1.29 is 9.53 Å². The molecule has 112 valence electrons. The molecule has 1 aliphatic heterocycles. The van der Waals surface area contributed by atoms with Crippen LogP contribution in [0.15, 0.2) is 24.3 Å². The van der Waals surface area contributed by atoms with Crippen molar-refractivity contribution in [2.24, 2.45) is 5.92 Å². The monoisotopic (exact) mass is 287 g/mol. The molecule has 2 rings (SSSR count). The van der Waals surface area contributed by atoms with Gasteiger partial charge in [0.15, 0.2) is 0 Å². The molecule has 1 heterocycles. The topological polar surface area (TPSA) is 65.4 Å². The molecule has 1 saturated heterocycles. The standard InChI is InChI=1S/C16H21N3O2/c1-12-6-7-19(10-15(12)21-2)11-16(20)18-14-5-3-4-13(8-14)9-17/h3-5,8,12,15H,6-7,10-11H2,1-2H3,(H,18,20). The number of nitrogens with one attached hydrogen (secondary N) is 1. The summed E-state index contributed by atoms with van der Waals surface area (Å²) >= 11 is 0. The fraction of sp³-hybridized carbons (Fsp3) is 0.500. The predicted molar refractivity (Wildman–Crippen MR) is 80.8 cm³/mol. The van der Waals surface area contributed by atoms with E-state index in [2.05, 4.69) is 23.2 Å². The number of piperidine rings is 1. The summed E-state index contributed by atoms with van der Waals surface area (Å²) in [5, 5.41) is 11.7. The van der Waals surface area contributed by atoms with Crippen LogP contribution in [0.1, 0.15) is 18.9 Å². The summed E-state index contributed by atoms with van der Waals surface area (Å²) in [6.07, 6.45) is 1.23. The minimum absolute atomic E-state index is 0.0607. The van der Waals surface area contributed by atoms with Crippen LogP contribution in [0.25, 0.3) is 0 Å².